The minimum atomic E-state index is 0.661. The smallest absolute Gasteiger partial charge is 0.147 e. The zero-order chi connectivity index (χ0) is 18.2. The first kappa shape index (κ1) is 15.8. The third-order valence-electron chi connectivity index (χ3n) is 4.59. The van der Waals surface area contributed by atoms with E-state index < -0.39 is 0 Å². The molecule has 0 aliphatic heterocycles. The lowest BCUT2D eigenvalue weighted by molar-refractivity contribution is 0.815. The Hall–Kier alpha value is -3.38. The highest BCUT2D eigenvalue weighted by Gasteiger charge is 2.15. The van der Waals surface area contributed by atoms with Crippen LogP contribution in [0.5, 0.6) is 0 Å². The molecule has 5 aromatic rings. The van der Waals surface area contributed by atoms with Gasteiger partial charge < -0.3 is 4.57 Å². The third-order valence-corrected chi connectivity index (χ3v) is 4.96. The second-order valence-electron chi connectivity index (χ2n) is 6.28. The maximum Gasteiger partial charge on any atom is 0.147 e. The fraction of sp³-hybridized carbons (Fsp3) is 0.0476. The van der Waals surface area contributed by atoms with Crippen LogP contribution in [0, 0.1) is 4.64 Å². The van der Waals surface area contributed by atoms with Gasteiger partial charge in [-0.05, 0) is 35.9 Å². The molecule has 6 heteroatoms. The summed E-state index contributed by atoms with van der Waals surface area (Å²) in [6.45, 7) is 0.661. The van der Waals surface area contributed by atoms with Crippen LogP contribution in [0.4, 0.5) is 0 Å². The Morgan fingerprint density at radius 1 is 0.889 bits per heavy atom. The lowest BCUT2D eigenvalue weighted by atomic mass is 10.2. The molecule has 0 saturated heterocycles. The summed E-state index contributed by atoms with van der Waals surface area (Å²) in [6, 6.07) is 18.0. The number of rotatable bonds is 3. The van der Waals surface area contributed by atoms with Gasteiger partial charge in [0, 0.05) is 29.7 Å². The van der Waals surface area contributed by atoms with Crippen LogP contribution in [-0.4, -0.2) is 24.1 Å². The van der Waals surface area contributed by atoms with Crippen molar-refractivity contribution in [1.82, 2.24) is 24.1 Å². The number of hydrogen-bond donors (Lipinski definition) is 0. The first-order chi connectivity index (χ1) is 13.3. The second-order valence-corrected chi connectivity index (χ2v) is 6.67. The lowest BCUT2D eigenvalue weighted by Crippen LogP contribution is -2.05. The molecule has 0 aliphatic rings. The Bertz CT molecular complexity index is 1310. The summed E-state index contributed by atoms with van der Waals surface area (Å²) in [5, 5.41) is 0.981. The SMILES string of the molecule is S=c1c2c(ncn2Cc2cccnc2)c2cccnc2n1-c1ccccc1. The minimum absolute atomic E-state index is 0.661. The number of pyridine rings is 3. The highest BCUT2D eigenvalue weighted by atomic mass is 32.1. The van der Waals surface area contributed by atoms with E-state index in [1.165, 1.54) is 0 Å². The normalized spacial score (nSPS) is 11.3. The van der Waals surface area contributed by atoms with Crippen molar-refractivity contribution in [2.75, 3.05) is 0 Å². The molecule has 0 saturated carbocycles. The van der Waals surface area contributed by atoms with E-state index in [0.717, 1.165) is 33.3 Å². The Morgan fingerprint density at radius 2 is 1.74 bits per heavy atom. The van der Waals surface area contributed by atoms with Crippen LogP contribution in [-0.2, 0) is 6.54 Å². The van der Waals surface area contributed by atoms with Crippen LogP contribution in [0.2, 0.25) is 0 Å². The van der Waals surface area contributed by atoms with Crippen LogP contribution in [0.1, 0.15) is 5.56 Å². The van der Waals surface area contributed by atoms with E-state index in [1.54, 1.807) is 12.4 Å². The molecule has 5 nitrogen and oxygen atoms in total. The Morgan fingerprint density at radius 3 is 2.56 bits per heavy atom. The third kappa shape index (κ3) is 2.62. The van der Waals surface area contributed by atoms with E-state index in [1.807, 2.05) is 65.6 Å². The lowest BCUT2D eigenvalue weighted by Gasteiger charge is -2.13. The second kappa shape index (κ2) is 6.41. The van der Waals surface area contributed by atoms with Gasteiger partial charge in [0.15, 0.2) is 0 Å². The summed E-state index contributed by atoms with van der Waals surface area (Å²) in [5.74, 6) is 0. The summed E-state index contributed by atoms with van der Waals surface area (Å²) in [7, 11) is 0. The van der Waals surface area contributed by atoms with E-state index in [9.17, 15) is 0 Å². The minimum Gasteiger partial charge on any atom is -0.324 e. The maximum atomic E-state index is 5.91. The molecule has 0 atom stereocenters. The zero-order valence-electron chi connectivity index (χ0n) is 14.4. The van der Waals surface area contributed by atoms with Crippen molar-refractivity contribution in [2.45, 2.75) is 6.54 Å². The van der Waals surface area contributed by atoms with Crippen LogP contribution in [0.25, 0.3) is 27.8 Å². The molecule has 0 N–H and O–H groups in total. The van der Waals surface area contributed by atoms with Crippen LogP contribution < -0.4 is 0 Å². The monoisotopic (exact) mass is 369 g/mol. The van der Waals surface area contributed by atoms with Gasteiger partial charge in [-0.2, -0.15) is 0 Å². The van der Waals surface area contributed by atoms with E-state index in [2.05, 4.69) is 25.6 Å². The van der Waals surface area contributed by atoms with Gasteiger partial charge in [-0.1, -0.05) is 36.5 Å². The molecule has 5 rings (SSSR count). The molecule has 0 spiro atoms. The van der Waals surface area contributed by atoms with Crippen LogP contribution in [0.15, 0.2) is 79.5 Å². The highest BCUT2D eigenvalue weighted by Crippen LogP contribution is 2.27. The molecule has 0 bridgehead atoms. The molecule has 4 heterocycles. The number of imidazole rings is 1. The molecule has 1 aromatic carbocycles. The number of aromatic nitrogens is 5. The van der Waals surface area contributed by atoms with Crippen molar-refractivity contribution in [3.8, 4) is 5.69 Å². The van der Waals surface area contributed by atoms with Crippen molar-refractivity contribution in [1.29, 1.82) is 0 Å². The molecule has 0 unspecified atom stereocenters. The average molecular weight is 369 g/mol. The van der Waals surface area contributed by atoms with E-state index >= 15 is 0 Å². The number of benzene rings is 1. The van der Waals surface area contributed by atoms with Gasteiger partial charge in [0.25, 0.3) is 0 Å². The fourth-order valence-electron chi connectivity index (χ4n) is 3.39. The molecule has 130 valence electrons. The summed E-state index contributed by atoms with van der Waals surface area (Å²) < 4.78 is 4.80. The summed E-state index contributed by atoms with van der Waals surface area (Å²) in [4.78, 5) is 13.5. The van der Waals surface area contributed by atoms with Gasteiger partial charge in [0.05, 0.1) is 12.9 Å². The maximum absolute atomic E-state index is 5.91. The van der Waals surface area contributed by atoms with Crippen molar-refractivity contribution in [3.63, 3.8) is 0 Å². The first-order valence-corrected chi connectivity index (χ1v) is 9.02. The van der Waals surface area contributed by atoms with Crippen molar-refractivity contribution >= 4 is 34.3 Å². The predicted octanol–water partition coefficient (Wildman–Crippen LogP) is 4.55. The van der Waals surface area contributed by atoms with E-state index in [4.69, 9.17) is 12.2 Å². The quantitative estimate of drug-likeness (QED) is 0.438. The van der Waals surface area contributed by atoms with Crippen LogP contribution >= 0.6 is 12.2 Å². The molecule has 4 aromatic heterocycles. The van der Waals surface area contributed by atoms with Crippen LogP contribution in [0.3, 0.4) is 0 Å². The fourth-order valence-corrected chi connectivity index (χ4v) is 3.80. The van der Waals surface area contributed by atoms with Crippen molar-refractivity contribution < 1.29 is 0 Å². The van der Waals surface area contributed by atoms with Gasteiger partial charge >= 0.3 is 0 Å². The largest absolute Gasteiger partial charge is 0.324 e. The number of para-hydroxylation sites is 1. The Labute approximate surface area is 160 Å². The zero-order valence-corrected chi connectivity index (χ0v) is 15.2. The average Bonchev–Trinajstić information content (AvgIpc) is 3.14. The molecule has 0 amide bonds. The molecule has 0 radical (unpaired) electrons. The standard InChI is InChI=1S/C21H15N5S/c27-21-19-18(24-14-25(19)13-15-6-4-10-22-12-15)17-9-5-11-23-20(17)26(21)16-7-2-1-3-8-16/h1-12,14H,13H2. The molecule has 0 aliphatic carbocycles. The first-order valence-electron chi connectivity index (χ1n) is 8.62. The summed E-state index contributed by atoms with van der Waals surface area (Å²) >= 11 is 5.91. The van der Waals surface area contributed by atoms with Crippen molar-refractivity contribution in [2.24, 2.45) is 0 Å². The van der Waals surface area contributed by atoms with E-state index in [-0.39, 0.29) is 0 Å². The number of hydrogen-bond acceptors (Lipinski definition) is 4. The number of fused-ring (bicyclic) bond motifs is 3. The van der Waals surface area contributed by atoms with Gasteiger partial charge in [0.2, 0.25) is 0 Å². The molecular formula is C21H15N5S. The Balaban J connectivity index is 1.85. The van der Waals surface area contributed by atoms with Gasteiger partial charge in [-0.15, -0.1) is 0 Å². The molecular weight excluding hydrogens is 354 g/mol. The van der Waals surface area contributed by atoms with Gasteiger partial charge in [-0.3, -0.25) is 9.55 Å². The predicted molar refractivity (Wildman–Crippen MR) is 109 cm³/mol. The summed E-state index contributed by atoms with van der Waals surface area (Å²) in [5.41, 5.74) is 4.70. The molecule has 27 heavy (non-hydrogen) atoms. The van der Waals surface area contributed by atoms with Gasteiger partial charge in [-0.25, -0.2) is 9.97 Å². The summed E-state index contributed by atoms with van der Waals surface area (Å²) in [6.07, 6.45) is 7.27. The van der Waals surface area contributed by atoms with Crippen molar-refractivity contribution in [3.05, 3.63) is 89.7 Å². The topological polar surface area (TPSA) is 48.5 Å². The van der Waals surface area contributed by atoms with E-state index in [0.29, 0.717) is 11.2 Å². The molecule has 0 fully saturated rings. The van der Waals surface area contributed by atoms with Gasteiger partial charge in [0.1, 0.15) is 21.3 Å². The Kier molecular flexibility index (Phi) is 3.76. The highest BCUT2D eigenvalue weighted by molar-refractivity contribution is 7.71. The number of nitrogens with zero attached hydrogens (tertiary/aromatic N) is 5.